The number of hydrogen-bond acceptors (Lipinski definition) is 3. The van der Waals surface area contributed by atoms with E-state index in [2.05, 4.69) is 4.90 Å². The van der Waals surface area contributed by atoms with Crippen LogP contribution >= 0.6 is 11.8 Å². The van der Waals surface area contributed by atoms with Crippen LogP contribution in [0.5, 0.6) is 0 Å². The number of nitrogens with zero attached hydrogens (tertiary/aromatic N) is 2. The largest absolute Gasteiger partial charge is 0.339 e. The van der Waals surface area contributed by atoms with Gasteiger partial charge >= 0.3 is 0 Å². The quantitative estimate of drug-likeness (QED) is 0.718. The average molecular weight is 399 g/mol. The minimum atomic E-state index is -0.0749. The maximum atomic E-state index is 13.2. The third-order valence-electron chi connectivity index (χ3n) is 6.47. The van der Waals surface area contributed by atoms with Crippen LogP contribution in [0.25, 0.3) is 6.08 Å². The van der Waals surface area contributed by atoms with Crippen LogP contribution < -0.4 is 0 Å². The van der Waals surface area contributed by atoms with Gasteiger partial charge in [-0.3, -0.25) is 9.59 Å². The van der Waals surface area contributed by atoms with Crippen molar-refractivity contribution in [3.63, 3.8) is 0 Å². The molecule has 0 aromatic heterocycles. The van der Waals surface area contributed by atoms with Crippen LogP contribution in [-0.2, 0) is 9.59 Å². The van der Waals surface area contributed by atoms with E-state index in [0.29, 0.717) is 5.91 Å². The zero-order chi connectivity index (χ0) is 19.4. The Bertz CT molecular complexity index is 719. The topological polar surface area (TPSA) is 40.6 Å². The van der Waals surface area contributed by atoms with E-state index in [4.69, 9.17) is 0 Å². The Morgan fingerprint density at radius 2 is 1.71 bits per heavy atom. The fourth-order valence-corrected chi connectivity index (χ4v) is 6.28. The second-order valence-corrected chi connectivity index (χ2v) is 9.65. The molecule has 2 saturated heterocycles. The molecule has 2 aliphatic heterocycles. The summed E-state index contributed by atoms with van der Waals surface area (Å²) in [7, 11) is 0. The van der Waals surface area contributed by atoms with Crippen LogP contribution in [0, 0.1) is 5.92 Å². The zero-order valence-electron chi connectivity index (χ0n) is 16.5. The van der Waals surface area contributed by atoms with Crippen LogP contribution in [-0.4, -0.2) is 51.9 Å². The molecule has 0 bridgehead atoms. The van der Waals surface area contributed by atoms with Gasteiger partial charge in [0.1, 0.15) is 0 Å². The van der Waals surface area contributed by atoms with Crippen LogP contribution in [0.1, 0.15) is 50.5 Å². The van der Waals surface area contributed by atoms with Crippen molar-refractivity contribution in [1.82, 2.24) is 9.80 Å². The summed E-state index contributed by atoms with van der Waals surface area (Å²) in [4.78, 5) is 29.8. The lowest BCUT2D eigenvalue weighted by molar-refractivity contribution is -0.140. The van der Waals surface area contributed by atoms with Gasteiger partial charge in [0.25, 0.3) is 0 Å². The van der Waals surface area contributed by atoms with Crippen LogP contribution in [0.4, 0.5) is 0 Å². The fraction of sp³-hybridized carbons (Fsp3) is 0.565. The van der Waals surface area contributed by atoms with Crippen molar-refractivity contribution in [3.05, 3.63) is 42.0 Å². The van der Waals surface area contributed by atoms with Crippen molar-refractivity contribution in [2.24, 2.45) is 5.92 Å². The predicted octanol–water partition coefficient (Wildman–Crippen LogP) is 4.17. The number of carbonyl (C=O) groups is 2. The first-order valence-corrected chi connectivity index (χ1v) is 11.6. The Morgan fingerprint density at radius 1 is 1.00 bits per heavy atom. The van der Waals surface area contributed by atoms with Gasteiger partial charge in [-0.2, -0.15) is 0 Å². The number of benzene rings is 1. The molecule has 0 radical (unpaired) electrons. The minimum absolute atomic E-state index is 0.0749. The lowest BCUT2D eigenvalue weighted by Gasteiger charge is -2.45. The molecule has 3 aliphatic rings. The molecule has 1 aromatic rings. The lowest BCUT2D eigenvalue weighted by Crippen LogP contribution is -2.54. The Morgan fingerprint density at radius 3 is 2.43 bits per heavy atom. The molecule has 28 heavy (non-hydrogen) atoms. The Labute approximate surface area is 172 Å². The molecule has 150 valence electrons. The summed E-state index contributed by atoms with van der Waals surface area (Å²) >= 11 is 1.94. The second kappa shape index (κ2) is 8.73. The summed E-state index contributed by atoms with van der Waals surface area (Å²) < 4.78 is 0. The Kier molecular flexibility index (Phi) is 6.10. The van der Waals surface area contributed by atoms with E-state index in [1.165, 1.54) is 19.3 Å². The average Bonchev–Trinajstić information content (AvgIpc) is 3.16. The Balaban J connectivity index is 1.36. The van der Waals surface area contributed by atoms with Gasteiger partial charge in [-0.15, -0.1) is 11.8 Å². The number of rotatable bonds is 3. The van der Waals surface area contributed by atoms with Crippen molar-refractivity contribution < 1.29 is 9.59 Å². The number of thioether (sulfide) groups is 1. The molecule has 2 amide bonds. The molecule has 1 saturated carbocycles. The molecule has 0 atom stereocenters. The van der Waals surface area contributed by atoms with E-state index < -0.39 is 0 Å². The van der Waals surface area contributed by atoms with E-state index >= 15 is 0 Å². The number of piperidine rings is 1. The second-order valence-electron chi connectivity index (χ2n) is 8.19. The molecule has 4 nitrogen and oxygen atoms in total. The van der Waals surface area contributed by atoms with Gasteiger partial charge < -0.3 is 9.80 Å². The maximum absolute atomic E-state index is 13.2. The van der Waals surface area contributed by atoms with Crippen molar-refractivity contribution in [2.45, 2.75) is 49.8 Å². The van der Waals surface area contributed by atoms with Gasteiger partial charge in [-0.25, -0.2) is 0 Å². The summed E-state index contributed by atoms with van der Waals surface area (Å²) in [5.74, 6) is 1.72. The lowest BCUT2D eigenvalue weighted by atomic mass is 9.87. The van der Waals surface area contributed by atoms with Gasteiger partial charge in [-0.1, -0.05) is 49.6 Å². The highest BCUT2D eigenvalue weighted by Crippen LogP contribution is 2.45. The molecule has 1 spiro atoms. The molecule has 2 heterocycles. The minimum Gasteiger partial charge on any atom is -0.339 e. The van der Waals surface area contributed by atoms with E-state index in [-0.39, 0.29) is 16.7 Å². The first-order chi connectivity index (χ1) is 13.7. The standard InChI is InChI=1S/C23H30N2O2S/c26-21(12-11-19-7-3-1-4-8-19)24-15-13-23(14-16-24)25(17-18-28-23)22(27)20-9-5-2-6-10-20/h1,3-4,7-8,11-12,20H,2,5-6,9-10,13-18H2. The van der Waals surface area contributed by atoms with E-state index in [1.807, 2.05) is 53.1 Å². The molecular formula is C23H30N2O2S. The Hall–Kier alpha value is -1.75. The SMILES string of the molecule is O=C(C=Cc1ccccc1)N1CCC2(CC1)SCCN2C(=O)C1CCCCC1. The molecule has 3 fully saturated rings. The zero-order valence-corrected chi connectivity index (χ0v) is 17.3. The van der Waals surface area contributed by atoms with Crippen LogP contribution in [0.3, 0.4) is 0 Å². The van der Waals surface area contributed by atoms with Gasteiger partial charge in [0, 0.05) is 37.4 Å². The summed E-state index contributed by atoms with van der Waals surface area (Å²) in [6.07, 6.45) is 11.1. The number of likely N-dealkylation sites (tertiary alicyclic amines) is 1. The molecule has 0 unspecified atom stereocenters. The van der Waals surface area contributed by atoms with Gasteiger partial charge in [0.2, 0.25) is 11.8 Å². The third-order valence-corrected chi connectivity index (χ3v) is 8.02. The van der Waals surface area contributed by atoms with Crippen LogP contribution in [0.15, 0.2) is 36.4 Å². The van der Waals surface area contributed by atoms with Crippen molar-refractivity contribution in [1.29, 1.82) is 0 Å². The molecule has 0 N–H and O–H groups in total. The number of hydrogen-bond donors (Lipinski definition) is 0. The smallest absolute Gasteiger partial charge is 0.246 e. The van der Waals surface area contributed by atoms with Crippen LogP contribution in [0.2, 0.25) is 0 Å². The predicted molar refractivity (Wildman–Crippen MR) is 115 cm³/mol. The molecular weight excluding hydrogens is 368 g/mol. The van der Waals surface area contributed by atoms with Gasteiger partial charge in [0.15, 0.2) is 0 Å². The number of carbonyl (C=O) groups excluding carboxylic acids is 2. The monoisotopic (exact) mass is 398 g/mol. The normalized spacial score (nSPS) is 22.9. The van der Waals surface area contributed by atoms with Gasteiger partial charge in [-0.05, 0) is 37.3 Å². The summed E-state index contributed by atoms with van der Waals surface area (Å²) in [5, 5.41) is 0. The summed E-state index contributed by atoms with van der Waals surface area (Å²) in [6.45, 7) is 2.35. The summed E-state index contributed by atoms with van der Waals surface area (Å²) in [6, 6.07) is 9.93. The first-order valence-electron chi connectivity index (χ1n) is 10.7. The fourth-order valence-electron chi connectivity index (χ4n) is 4.82. The van der Waals surface area contributed by atoms with Crippen molar-refractivity contribution >= 4 is 29.7 Å². The van der Waals surface area contributed by atoms with Crippen molar-refractivity contribution in [2.75, 3.05) is 25.4 Å². The van der Waals surface area contributed by atoms with E-state index in [1.54, 1.807) is 6.08 Å². The third kappa shape index (κ3) is 4.14. The van der Waals surface area contributed by atoms with Gasteiger partial charge in [0.05, 0.1) is 4.87 Å². The number of amides is 2. The highest BCUT2D eigenvalue weighted by atomic mass is 32.2. The highest BCUT2D eigenvalue weighted by molar-refractivity contribution is 8.00. The molecule has 4 rings (SSSR count). The summed E-state index contributed by atoms with van der Waals surface area (Å²) in [5.41, 5.74) is 1.04. The molecule has 1 aromatic carbocycles. The molecule has 5 heteroatoms. The van der Waals surface area contributed by atoms with E-state index in [0.717, 1.165) is 56.6 Å². The molecule has 1 aliphatic carbocycles. The maximum Gasteiger partial charge on any atom is 0.246 e. The van der Waals surface area contributed by atoms with E-state index in [9.17, 15) is 9.59 Å². The van der Waals surface area contributed by atoms with Crippen molar-refractivity contribution in [3.8, 4) is 0 Å². The first kappa shape index (κ1) is 19.6. The highest BCUT2D eigenvalue weighted by Gasteiger charge is 2.47.